The van der Waals surface area contributed by atoms with Gasteiger partial charge in [-0.3, -0.25) is 9.59 Å². The van der Waals surface area contributed by atoms with Crippen molar-refractivity contribution in [2.75, 3.05) is 25.6 Å². The molecule has 1 heterocycles. The summed E-state index contributed by atoms with van der Waals surface area (Å²) in [6.45, 7) is 0.912. The minimum Gasteiger partial charge on any atom is -0.459 e. The van der Waals surface area contributed by atoms with Gasteiger partial charge in [0.05, 0.1) is 12.9 Å². The molecule has 6 heteroatoms. The highest BCUT2D eigenvalue weighted by atomic mass is 16.5. The van der Waals surface area contributed by atoms with Crippen molar-refractivity contribution in [2.24, 2.45) is 0 Å². The third-order valence-electron chi connectivity index (χ3n) is 2.74. The number of benzene rings is 1. The van der Waals surface area contributed by atoms with Crippen LogP contribution in [0.1, 0.15) is 20.9 Å². The molecule has 2 amide bonds. The fourth-order valence-electron chi connectivity index (χ4n) is 1.67. The second-order valence-corrected chi connectivity index (χ2v) is 4.26. The molecule has 1 aromatic heterocycles. The molecule has 0 atom stereocenters. The number of furan rings is 1. The Bertz CT molecular complexity index is 591. The Morgan fingerprint density at radius 3 is 2.52 bits per heavy atom. The van der Waals surface area contributed by atoms with Crippen molar-refractivity contribution in [2.45, 2.75) is 0 Å². The number of nitrogens with one attached hydrogen (secondary N) is 2. The highest BCUT2D eigenvalue weighted by molar-refractivity contribution is 6.02. The SMILES string of the molecule is COCCNC(=O)c1ccc(NC(=O)c2ccco2)cc1. The summed E-state index contributed by atoms with van der Waals surface area (Å²) < 4.78 is 9.85. The Labute approximate surface area is 122 Å². The minimum absolute atomic E-state index is 0.184. The molecule has 0 aliphatic heterocycles. The van der Waals surface area contributed by atoms with Gasteiger partial charge in [-0.15, -0.1) is 0 Å². The lowest BCUT2D eigenvalue weighted by Gasteiger charge is -2.06. The molecule has 0 spiro atoms. The lowest BCUT2D eigenvalue weighted by molar-refractivity contribution is 0.0936. The van der Waals surface area contributed by atoms with Gasteiger partial charge in [0.2, 0.25) is 0 Å². The smallest absolute Gasteiger partial charge is 0.291 e. The Morgan fingerprint density at radius 1 is 1.14 bits per heavy atom. The van der Waals surface area contributed by atoms with Gasteiger partial charge in [-0.05, 0) is 36.4 Å². The first-order valence-corrected chi connectivity index (χ1v) is 6.43. The highest BCUT2D eigenvalue weighted by Gasteiger charge is 2.09. The van der Waals surface area contributed by atoms with Crippen molar-refractivity contribution in [3.63, 3.8) is 0 Å². The van der Waals surface area contributed by atoms with Crippen LogP contribution in [0.15, 0.2) is 47.1 Å². The van der Waals surface area contributed by atoms with Crippen LogP contribution in [0.25, 0.3) is 0 Å². The predicted molar refractivity (Wildman–Crippen MR) is 77.3 cm³/mol. The van der Waals surface area contributed by atoms with Crippen LogP contribution in [0.4, 0.5) is 5.69 Å². The van der Waals surface area contributed by atoms with Gasteiger partial charge in [-0.25, -0.2) is 0 Å². The van der Waals surface area contributed by atoms with Crippen LogP contribution in [0.3, 0.4) is 0 Å². The number of anilines is 1. The van der Waals surface area contributed by atoms with Gasteiger partial charge >= 0.3 is 0 Å². The van der Waals surface area contributed by atoms with E-state index in [1.807, 2.05) is 0 Å². The monoisotopic (exact) mass is 288 g/mol. The molecule has 0 bridgehead atoms. The van der Waals surface area contributed by atoms with E-state index in [1.165, 1.54) is 6.26 Å². The zero-order valence-corrected chi connectivity index (χ0v) is 11.6. The third kappa shape index (κ3) is 4.19. The van der Waals surface area contributed by atoms with Crippen LogP contribution in [-0.2, 0) is 4.74 Å². The quantitative estimate of drug-likeness (QED) is 0.796. The topological polar surface area (TPSA) is 80.6 Å². The van der Waals surface area contributed by atoms with E-state index in [9.17, 15) is 9.59 Å². The molecule has 0 saturated carbocycles. The van der Waals surface area contributed by atoms with E-state index in [0.717, 1.165) is 0 Å². The van der Waals surface area contributed by atoms with E-state index < -0.39 is 0 Å². The van der Waals surface area contributed by atoms with Gasteiger partial charge in [0.15, 0.2) is 5.76 Å². The normalized spacial score (nSPS) is 10.1. The number of amides is 2. The van der Waals surface area contributed by atoms with E-state index in [0.29, 0.717) is 24.4 Å². The molecule has 2 aromatic rings. The summed E-state index contributed by atoms with van der Waals surface area (Å²) in [5.74, 6) is -0.287. The van der Waals surface area contributed by atoms with Gasteiger partial charge in [-0.1, -0.05) is 0 Å². The lowest BCUT2D eigenvalue weighted by atomic mass is 10.2. The van der Waals surface area contributed by atoms with Crippen LogP contribution in [-0.4, -0.2) is 32.1 Å². The van der Waals surface area contributed by atoms with Crippen molar-refractivity contribution in [3.05, 3.63) is 54.0 Å². The number of carbonyl (C=O) groups is 2. The van der Waals surface area contributed by atoms with Gasteiger partial charge in [-0.2, -0.15) is 0 Å². The molecule has 0 aliphatic carbocycles. The van der Waals surface area contributed by atoms with Crippen LogP contribution in [0, 0.1) is 0 Å². The van der Waals surface area contributed by atoms with E-state index in [2.05, 4.69) is 10.6 Å². The van der Waals surface area contributed by atoms with Gasteiger partial charge in [0, 0.05) is 24.9 Å². The number of ether oxygens (including phenoxy) is 1. The van der Waals surface area contributed by atoms with Crippen LogP contribution < -0.4 is 10.6 Å². The summed E-state index contributed by atoms with van der Waals surface area (Å²) in [6, 6.07) is 9.81. The molecule has 0 saturated heterocycles. The Balaban J connectivity index is 1.92. The fraction of sp³-hybridized carbons (Fsp3) is 0.200. The first-order valence-electron chi connectivity index (χ1n) is 6.43. The zero-order chi connectivity index (χ0) is 15.1. The summed E-state index contributed by atoms with van der Waals surface area (Å²) in [4.78, 5) is 23.5. The minimum atomic E-state index is -0.336. The Kier molecular flexibility index (Phi) is 5.11. The molecule has 0 radical (unpaired) electrons. The largest absolute Gasteiger partial charge is 0.459 e. The number of methoxy groups -OCH3 is 1. The summed E-state index contributed by atoms with van der Waals surface area (Å²) in [5.41, 5.74) is 1.10. The van der Waals surface area contributed by atoms with Crippen molar-refractivity contribution >= 4 is 17.5 Å². The van der Waals surface area contributed by atoms with Crippen LogP contribution in [0.5, 0.6) is 0 Å². The van der Waals surface area contributed by atoms with Gasteiger partial charge in [0.1, 0.15) is 0 Å². The molecule has 1 aromatic carbocycles. The van der Waals surface area contributed by atoms with Crippen molar-refractivity contribution in [1.82, 2.24) is 5.32 Å². The number of hydrogen-bond donors (Lipinski definition) is 2. The maximum absolute atomic E-state index is 11.8. The molecule has 2 N–H and O–H groups in total. The number of carbonyl (C=O) groups excluding carboxylic acids is 2. The average Bonchev–Trinajstić information content (AvgIpc) is 3.02. The first kappa shape index (κ1) is 14.8. The number of rotatable bonds is 6. The van der Waals surface area contributed by atoms with Gasteiger partial charge in [0.25, 0.3) is 11.8 Å². The maximum Gasteiger partial charge on any atom is 0.291 e. The van der Waals surface area contributed by atoms with Crippen molar-refractivity contribution < 1.29 is 18.7 Å². The molecule has 6 nitrogen and oxygen atoms in total. The Hall–Kier alpha value is -2.60. The van der Waals surface area contributed by atoms with Crippen molar-refractivity contribution in [3.8, 4) is 0 Å². The van der Waals surface area contributed by atoms with Crippen LogP contribution in [0.2, 0.25) is 0 Å². The molecule has 0 aliphatic rings. The average molecular weight is 288 g/mol. The molecule has 0 unspecified atom stereocenters. The predicted octanol–water partition coefficient (Wildman–Crippen LogP) is 1.91. The Morgan fingerprint density at radius 2 is 1.90 bits per heavy atom. The van der Waals surface area contributed by atoms with E-state index in [-0.39, 0.29) is 17.6 Å². The molecule has 21 heavy (non-hydrogen) atoms. The van der Waals surface area contributed by atoms with Crippen molar-refractivity contribution in [1.29, 1.82) is 0 Å². The molecular weight excluding hydrogens is 272 g/mol. The third-order valence-corrected chi connectivity index (χ3v) is 2.74. The highest BCUT2D eigenvalue weighted by Crippen LogP contribution is 2.11. The first-order chi connectivity index (χ1) is 10.2. The lowest BCUT2D eigenvalue weighted by Crippen LogP contribution is -2.26. The van der Waals surface area contributed by atoms with Crippen LogP contribution >= 0.6 is 0 Å². The van der Waals surface area contributed by atoms with Gasteiger partial charge < -0.3 is 19.8 Å². The molecular formula is C15H16N2O4. The van der Waals surface area contributed by atoms with E-state index >= 15 is 0 Å². The molecule has 2 rings (SSSR count). The summed E-state index contributed by atoms with van der Waals surface area (Å²) in [6.07, 6.45) is 1.43. The fourth-order valence-corrected chi connectivity index (χ4v) is 1.67. The summed E-state index contributed by atoms with van der Waals surface area (Å²) >= 11 is 0. The second-order valence-electron chi connectivity index (χ2n) is 4.26. The summed E-state index contributed by atoms with van der Waals surface area (Å²) in [7, 11) is 1.57. The molecule has 110 valence electrons. The zero-order valence-electron chi connectivity index (χ0n) is 11.6. The maximum atomic E-state index is 11.8. The number of hydrogen-bond acceptors (Lipinski definition) is 4. The molecule has 0 fully saturated rings. The second kappa shape index (κ2) is 7.25. The van der Waals surface area contributed by atoms with E-state index in [4.69, 9.17) is 9.15 Å². The van der Waals surface area contributed by atoms with E-state index in [1.54, 1.807) is 43.5 Å². The summed E-state index contributed by atoms with van der Waals surface area (Å²) in [5, 5.41) is 5.39. The standard InChI is InChI=1S/C15H16N2O4/c1-20-10-8-16-14(18)11-4-6-12(7-5-11)17-15(19)13-3-2-9-21-13/h2-7,9H,8,10H2,1H3,(H,16,18)(H,17,19).